The number of hydrogen-bond acceptors (Lipinski definition) is 4. The van der Waals surface area contributed by atoms with Crippen LogP contribution in [0.1, 0.15) is 24.4 Å². The first-order valence-corrected chi connectivity index (χ1v) is 8.17. The maximum Gasteiger partial charge on any atom is 0.389 e. The maximum absolute atomic E-state index is 12.8. The van der Waals surface area contributed by atoms with E-state index in [1.807, 2.05) is 4.90 Å². The zero-order valence-corrected chi connectivity index (χ0v) is 14.5. The highest BCUT2D eigenvalue weighted by Crippen LogP contribution is 2.43. The Bertz CT molecular complexity index is 549. The van der Waals surface area contributed by atoms with Crippen LogP contribution in [-0.2, 0) is 0 Å². The van der Waals surface area contributed by atoms with Crippen molar-refractivity contribution in [2.45, 2.75) is 25.1 Å². The molecule has 1 N–H and O–H groups in total. The maximum atomic E-state index is 12.8. The molecule has 0 saturated carbocycles. The van der Waals surface area contributed by atoms with E-state index in [1.165, 1.54) is 14.2 Å². The van der Waals surface area contributed by atoms with Crippen molar-refractivity contribution in [1.82, 2.24) is 10.2 Å². The second kappa shape index (κ2) is 8.27. The third-order valence-corrected chi connectivity index (χ3v) is 4.56. The Morgan fingerprint density at radius 3 is 2.42 bits per heavy atom. The van der Waals surface area contributed by atoms with E-state index in [4.69, 9.17) is 21.1 Å². The molecule has 0 amide bonds. The Labute approximate surface area is 144 Å². The molecule has 0 bridgehead atoms. The van der Waals surface area contributed by atoms with Gasteiger partial charge in [0, 0.05) is 38.6 Å². The highest BCUT2D eigenvalue weighted by Gasteiger charge is 2.33. The van der Waals surface area contributed by atoms with Crippen LogP contribution in [0.2, 0.25) is 5.02 Å². The van der Waals surface area contributed by atoms with Crippen molar-refractivity contribution in [2.24, 2.45) is 0 Å². The van der Waals surface area contributed by atoms with E-state index in [-0.39, 0.29) is 6.42 Å². The summed E-state index contributed by atoms with van der Waals surface area (Å²) in [7, 11) is 2.95. The van der Waals surface area contributed by atoms with Crippen molar-refractivity contribution >= 4 is 11.6 Å². The lowest BCUT2D eigenvalue weighted by Crippen LogP contribution is -2.45. The standard InChI is InChI=1S/C16H22ClF3N2O2/c1-23-13-4-3-11(14(17)15(13)24-2)12(5-6-16(18,19)20)22-9-7-21-8-10-22/h3-4,12,21H,5-10H2,1-2H3/t12-/m1/s1. The quantitative estimate of drug-likeness (QED) is 0.833. The average Bonchev–Trinajstić information content (AvgIpc) is 2.56. The lowest BCUT2D eigenvalue weighted by molar-refractivity contribution is -0.138. The van der Waals surface area contributed by atoms with Crippen LogP contribution in [0, 0.1) is 0 Å². The number of alkyl halides is 3. The molecule has 1 saturated heterocycles. The van der Waals surface area contributed by atoms with Crippen LogP contribution in [0.4, 0.5) is 13.2 Å². The van der Waals surface area contributed by atoms with Gasteiger partial charge in [0.2, 0.25) is 0 Å². The molecular formula is C16H22ClF3N2O2. The van der Waals surface area contributed by atoms with Crippen LogP contribution in [0.5, 0.6) is 11.5 Å². The van der Waals surface area contributed by atoms with Crippen LogP contribution >= 0.6 is 11.6 Å². The fraction of sp³-hybridized carbons (Fsp3) is 0.625. The summed E-state index contributed by atoms with van der Waals surface area (Å²) < 4.78 is 48.7. The molecule has 1 aromatic rings. The summed E-state index contributed by atoms with van der Waals surface area (Å²) in [6.07, 6.45) is -5.10. The van der Waals surface area contributed by atoms with E-state index >= 15 is 0 Å². The third-order valence-electron chi connectivity index (χ3n) is 4.17. The molecule has 2 rings (SSSR count). The zero-order valence-electron chi connectivity index (χ0n) is 13.8. The van der Waals surface area contributed by atoms with Gasteiger partial charge in [-0.2, -0.15) is 13.2 Å². The van der Waals surface area contributed by atoms with Gasteiger partial charge in [0.05, 0.1) is 19.2 Å². The lowest BCUT2D eigenvalue weighted by Gasteiger charge is -2.36. The third kappa shape index (κ3) is 4.68. The Morgan fingerprint density at radius 2 is 1.88 bits per heavy atom. The number of nitrogens with one attached hydrogen (secondary N) is 1. The minimum atomic E-state index is -4.20. The second-order valence-electron chi connectivity index (χ2n) is 5.66. The SMILES string of the molecule is COc1ccc([C@@H](CCC(F)(F)F)N2CCNCC2)c(Cl)c1OC. The number of benzene rings is 1. The molecule has 1 atom stereocenters. The molecule has 0 unspecified atom stereocenters. The minimum absolute atomic E-state index is 0.0430. The fourth-order valence-corrected chi connectivity index (χ4v) is 3.35. The molecule has 136 valence electrons. The molecule has 1 aliphatic heterocycles. The van der Waals surface area contributed by atoms with Gasteiger partial charge in [-0.15, -0.1) is 0 Å². The van der Waals surface area contributed by atoms with Crippen molar-refractivity contribution in [1.29, 1.82) is 0 Å². The number of rotatable bonds is 6. The minimum Gasteiger partial charge on any atom is -0.493 e. The van der Waals surface area contributed by atoms with E-state index < -0.39 is 18.6 Å². The van der Waals surface area contributed by atoms with Gasteiger partial charge in [0.25, 0.3) is 0 Å². The van der Waals surface area contributed by atoms with Gasteiger partial charge in [-0.3, -0.25) is 4.90 Å². The smallest absolute Gasteiger partial charge is 0.389 e. The van der Waals surface area contributed by atoms with E-state index in [0.29, 0.717) is 35.2 Å². The van der Waals surface area contributed by atoms with Crippen molar-refractivity contribution in [3.63, 3.8) is 0 Å². The van der Waals surface area contributed by atoms with Crippen LogP contribution in [0.25, 0.3) is 0 Å². The van der Waals surface area contributed by atoms with Gasteiger partial charge in [-0.1, -0.05) is 17.7 Å². The van der Waals surface area contributed by atoms with Crippen LogP contribution < -0.4 is 14.8 Å². The van der Waals surface area contributed by atoms with Crippen LogP contribution in [0.15, 0.2) is 12.1 Å². The monoisotopic (exact) mass is 366 g/mol. The first kappa shape index (κ1) is 19.1. The molecule has 0 spiro atoms. The summed E-state index contributed by atoms with van der Waals surface area (Å²) >= 11 is 6.43. The summed E-state index contributed by atoms with van der Waals surface area (Å²) in [6.45, 7) is 2.83. The first-order valence-electron chi connectivity index (χ1n) is 7.79. The summed E-state index contributed by atoms with van der Waals surface area (Å²) in [5.41, 5.74) is 0.639. The largest absolute Gasteiger partial charge is 0.493 e. The highest BCUT2D eigenvalue weighted by molar-refractivity contribution is 6.33. The van der Waals surface area contributed by atoms with Gasteiger partial charge in [-0.25, -0.2) is 0 Å². The van der Waals surface area contributed by atoms with Crippen molar-refractivity contribution in [3.8, 4) is 11.5 Å². The predicted molar refractivity (Wildman–Crippen MR) is 87.0 cm³/mol. The Balaban J connectivity index is 2.34. The molecular weight excluding hydrogens is 345 g/mol. The zero-order chi connectivity index (χ0) is 17.7. The van der Waals surface area contributed by atoms with Gasteiger partial charge in [0.15, 0.2) is 11.5 Å². The van der Waals surface area contributed by atoms with Crippen LogP contribution in [0.3, 0.4) is 0 Å². The summed E-state index contributed by atoms with van der Waals surface area (Å²) in [5.74, 6) is 0.810. The Morgan fingerprint density at radius 1 is 1.21 bits per heavy atom. The average molecular weight is 367 g/mol. The van der Waals surface area contributed by atoms with Crippen molar-refractivity contribution in [2.75, 3.05) is 40.4 Å². The summed E-state index contributed by atoms with van der Waals surface area (Å²) in [4.78, 5) is 2.04. The highest BCUT2D eigenvalue weighted by atomic mass is 35.5. The number of hydrogen-bond donors (Lipinski definition) is 1. The lowest BCUT2D eigenvalue weighted by atomic mass is 9.98. The van der Waals surface area contributed by atoms with E-state index in [2.05, 4.69) is 5.32 Å². The van der Waals surface area contributed by atoms with E-state index in [9.17, 15) is 13.2 Å². The molecule has 1 aliphatic rings. The molecule has 4 nitrogen and oxygen atoms in total. The fourth-order valence-electron chi connectivity index (χ4n) is 2.99. The number of ether oxygens (including phenoxy) is 2. The Hall–Kier alpha value is -1.18. The van der Waals surface area contributed by atoms with E-state index in [1.54, 1.807) is 12.1 Å². The summed E-state index contributed by atoms with van der Waals surface area (Å²) in [5, 5.41) is 3.52. The van der Waals surface area contributed by atoms with Gasteiger partial charge >= 0.3 is 6.18 Å². The Kier molecular flexibility index (Phi) is 6.60. The topological polar surface area (TPSA) is 33.7 Å². The van der Waals surface area contributed by atoms with Gasteiger partial charge < -0.3 is 14.8 Å². The first-order chi connectivity index (χ1) is 11.4. The van der Waals surface area contributed by atoms with Gasteiger partial charge in [0.1, 0.15) is 0 Å². The molecule has 8 heteroatoms. The molecule has 1 fully saturated rings. The van der Waals surface area contributed by atoms with Crippen molar-refractivity contribution < 1.29 is 22.6 Å². The predicted octanol–water partition coefficient (Wildman–Crippen LogP) is 3.65. The van der Waals surface area contributed by atoms with Crippen molar-refractivity contribution in [3.05, 3.63) is 22.7 Å². The van der Waals surface area contributed by atoms with Gasteiger partial charge in [-0.05, 0) is 18.1 Å². The number of halogens is 4. The van der Waals surface area contributed by atoms with Crippen LogP contribution in [-0.4, -0.2) is 51.5 Å². The molecule has 0 aromatic heterocycles. The molecule has 1 aromatic carbocycles. The summed E-state index contributed by atoms with van der Waals surface area (Å²) in [6, 6.07) is 3.00. The second-order valence-corrected chi connectivity index (χ2v) is 6.04. The molecule has 24 heavy (non-hydrogen) atoms. The number of piperazine rings is 1. The number of methoxy groups -OCH3 is 2. The molecule has 0 aliphatic carbocycles. The number of nitrogens with zero attached hydrogens (tertiary/aromatic N) is 1. The van der Waals surface area contributed by atoms with E-state index in [0.717, 1.165) is 13.1 Å². The molecule has 1 heterocycles. The normalized spacial score (nSPS) is 17.6. The molecule has 0 radical (unpaired) electrons.